The first-order valence-electron chi connectivity index (χ1n) is 13.3. The van der Waals surface area contributed by atoms with E-state index in [1.807, 2.05) is 0 Å². The minimum atomic E-state index is -4.77. The highest BCUT2D eigenvalue weighted by Gasteiger charge is 2.35. The number of methoxy groups -OCH3 is 1. The first-order valence-corrected chi connectivity index (χ1v) is 15.5. The number of benzene rings is 2. The fourth-order valence-electron chi connectivity index (χ4n) is 4.91. The van der Waals surface area contributed by atoms with Crippen LogP contribution in [0, 0.1) is 0 Å². The van der Waals surface area contributed by atoms with E-state index in [9.17, 15) is 31.2 Å². The Hall–Kier alpha value is -2.99. The standard InChI is InChI=1S/C28H35ClF3N3O5S/c1-4-24(27(37)33-21-10-6-5-7-11-21)34(17-19-9-8-12-22(15-19)40-2)26(36)18-35(41(3,38)39)25-16-20(28(30,31)32)13-14-23(25)29/h8-9,12-16,21,24H,4-7,10-11,17-18H2,1-3H3,(H,33,37)/t24-/m0/s1. The highest BCUT2D eigenvalue weighted by Crippen LogP contribution is 2.36. The molecule has 0 spiro atoms. The first-order chi connectivity index (χ1) is 19.2. The zero-order valence-corrected chi connectivity index (χ0v) is 24.8. The van der Waals surface area contributed by atoms with Crippen LogP contribution in [-0.4, -0.2) is 57.1 Å². The summed E-state index contributed by atoms with van der Waals surface area (Å²) < 4.78 is 71.8. The van der Waals surface area contributed by atoms with Crippen molar-refractivity contribution < 1.29 is 35.9 Å². The van der Waals surface area contributed by atoms with Gasteiger partial charge in [0.1, 0.15) is 18.3 Å². The molecule has 1 fully saturated rings. The number of amides is 2. The fourth-order valence-corrected chi connectivity index (χ4v) is 6.03. The summed E-state index contributed by atoms with van der Waals surface area (Å²) in [5.74, 6) is -0.640. The van der Waals surface area contributed by atoms with Gasteiger partial charge >= 0.3 is 6.18 Å². The molecule has 1 aliphatic rings. The third-order valence-corrected chi connectivity index (χ3v) is 8.49. The van der Waals surface area contributed by atoms with Gasteiger partial charge in [-0.1, -0.05) is 49.9 Å². The Labute approximate surface area is 243 Å². The summed E-state index contributed by atoms with van der Waals surface area (Å²) in [7, 11) is -2.79. The Bertz CT molecular complexity index is 1330. The minimum absolute atomic E-state index is 0.0319. The number of rotatable bonds is 11. The number of anilines is 1. The largest absolute Gasteiger partial charge is 0.497 e. The van der Waals surface area contributed by atoms with Crippen molar-refractivity contribution in [2.45, 2.75) is 70.3 Å². The number of halogens is 4. The Kier molecular flexibility index (Phi) is 10.9. The van der Waals surface area contributed by atoms with Crippen molar-refractivity contribution in [1.29, 1.82) is 0 Å². The molecule has 0 heterocycles. The van der Waals surface area contributed by atoms with Gasteiger partial charge in [-0.3, -0.25) is 13.9 Å². The van der Waals surface area contributed by atoms with Gasteiger partial charge in [0, 0.05) is 12.6 Å². The van der Waals surface area contributed by atoms with Crippen LogP contribution < -0.4 is 14.4 Å². The molecule has 1 N–H and O–H groups in total. The predicted molar refractivity (Wildman–Crippen MR) is 151 cm³/mol. The van der Waals surface area contributed by atoms with Crippen LogP contribution >= 0.6 is 11.6 Å². The van der Waals surface area contributed by atoms with Crippen LogP contribution in [0.1, 0.15) is 56.6 Å². The molecule has 0 aromatic heterocycles. The molecule has 1 aliphatic carbocycles. The molecule has 2 aromatic carbocycles. The molecule has 226 valence electrons. The second-order valence-corrected chi connectivity index (χ2v) is 12.4. The zero-order valence-electron chi connectivity index (χ0n) is 23.2. The quantitative estimate of drug-likeness (QED) is 0.365. The van der Waals surface area contributed by atoms with Crippen LogP contribution in [0.15, 0.2) is 42.5 Å². The fraction of sp³-hybridized carbons (Fsp3) is 0.500. The molecule has 0 unspecified atom stereocenters. The van der Waals surface area contributed by atoms with E-state index in [4.69, 9.17) is 16.3 Å². The lowest BCUT2D eigenvalue weighted by Crippen LogP contribution is -2.54. The van der Waals surface area contributed by atoms with Crippen molar-refractivity contribution in [3.05, 3.63) is 58.6 Å². The lowest BCUT2D eigenvalue weighted by atomic mass is 9.95. The average molecular weight is 618 g/mol. The maximum Gasteiger partial charge on any atom is 0.416 e. The van der Waals surface area contributed by atoms with Gasteiger partial charge in [0.2, 0.25) is 21.8 Å². The van der Waals surface area contributed by atoms with E-state index in [0.717, 1.165) is 50.5 Å². The van der Waals surface area contributed by atoms with Crippen molar-refractivity contribution in [3.8, 4) is 5.75 Å². The highest BCUT2D eigenvalue weighted by molar-refractivity contribution is 7.92. The number of hydrogen-bond acceptors (Lipinski definition) is 5. The molecular weight excluding hydrogens is 583 g/mol. The molecule has 0 radical (unpaired) electrons. The van der Waals surface area contributed by atoms with Crippen molar-refractivity contribution in [3.63, 3.8) is 0 Å². The second-order valence-electron chi connectivity index (χ2n) is 10.1. The normalized spacial score (nSPS) is 15.2. The summed E-state index contributed by atoms with van der Waals surface area (Å²) in [6, 6.07) is 8.10. The second kappa shape index (κ2) is 13.8. The number of alkyl halides is 3. The molecule has 2 aromatic rings. The van der Waals surface area contributed by atoms with Crippen LogP contribution in [0.3, 0.4) is 0 Å². The zero-order chi connectivity index (χ0) is 30.4. The van der Waals surface area contributed by atoms with E-state index >= 15 is 0 Å². The summed E-state index contributed by atoms with van der Waals surface area (Å²) in [5, 5.41) is 2.75. The van der Waals surface area contributed by atoms with Crippen molar-refractivity contribution >= 4 is 39.1 Å². The predicted octanol–water partition coefficient (Wildman–Crippen LogP) is 5.39. The molecule has 1 saturated carbocycles. The highest BCUT2D eigenvalue weighted by atomic mass is 35.5. The van der Waals surface area contributed by atoms with Crippen LogP contribution in [0.2, 0.25) is 5.02 Å². The lowest BCUT2D eigenvalue weighted by molar-refractivity contribution is -0.140. The van der Waals surface area contributed by atoms with Gasteiger partial charge in [0.05, 0.1) is 29.6 Å². The third-order valence-electron chi connectivity index (χ3n) is 7.05. The maximum absolute atomic E-state index is 13.9. The molecule has 0 aliphatic heterocycles. The molecular formula is C28H35ClF3N3O5S. The van der Waals surface area contributed by atoms with E-state index in [1.165, 1.54) is 12.0 Å². The van der Waals surface area contributed by atoms with Gasteiger partial charge < -0.3 is 15.0 Å². The van der Waals surface area contributed by atoms with Crippen molar-refractivity contribution in [1.82, 2.24) is 10.2 Å². The van der Waals surface area contributed by atoms with Crippen molar-refractivity contribution in [2.24, 2.45) is 0 Å². The van der Waals surface area contributed by atoms with Crippen LogP contribution in [0.4, 0.5) is 18.9 Å². The van der Waals surface area contributed by atoms with Gasteiger partial charge in [0.15, 0.2) is 0 Å². The van der Waals surface area contributed by atoms with Crippen LogP contribution in [0.5, 0.6) is 5.75 Å². The number of nitrogens with zero attached hydrogens (tertiary/aromatic N) is 2. The van der Waals surface area contributed by atoms with E-state index in [0.29, 0.717) is 21.7 Å². The molecule has 0 saturated heterocycles. The van der Waals surface area contributed by atoms with Gasteiger partial charge in [0.25, 0.3) is 0 Å². The van der Waals surface area contributed by atoms with Gasteiger partial charge in [-0.05, 0) is 55.2 Å². The lowest BCUT2D eigenvalue weighted by Gasteiger charge is -2.34. The Morgan fingerprint density at radius 3 is 2.39 bits per heavy atom. The van der Waals surface area contributed by atoms with Crippen LogP contribution in [0.25, 0.3) is 0 Å². The number of sulfonamides is 1. The molecule has 3 rings (SSSR count). The molecule has 2 amide bonds. The average Bonchev–Trinajstić information content (AvgIpc) is 2.91. The van der Waals surface area contributed by atoms with Crippen LogP contribution in [-0.2, 0) is 32.3 Å². The Balaban J connectivity index is 2.00. The summed E-state index contributed by atoms with van der Waals surface area (Å²) in [6.07, 6.45) is 0.918. The molecule has 8 nitrogen and oxygen atoms in total. The van der Waals surface area contributed by atoms with E-state index in [1.54, 1.807) is 31.2 Å². The van der Waals surface area contributed by atoms with Gasteiger partial charge in [-0.2, -0.15) is 13.2 Å². The molecule has 13 heteroatoms. The van der Waals surface area contributed by atoms with E-state index in [2.05, 4.69) is 5.32 Å². The Morgan fingerprint density at radius 2 is 1.80 bits per heavy atom. The van der Waals surface area contributed by atoms with Crippen molar-refractivity contribution in [2.75, 3.05) is 24.2 Å². The number of carbonyl (C=O) groups excluding carboxylic acids is 2. The van der Waals surface area contributed by atoms with Gasteiger partial charge in [-0.15, -0.1) is 0 Å². The molecule has 0 bridgehead atoms. The SMILES string of the molecule is CC[C@@H](C(=O)NC1CCCCC1)N(Cc1cccc(OC)c1)C(=O)CN(c1cc(C(F)(F)F)ccc1Cl)S(C)(=O)=O. The molecule has 1 atom stereocenters. The summed E-state index contributed by atoms with van der Waals surface area (Å²) in [4.78, 5) is 28.6. The Morgan fingerprint density at radius 1 is 1.12 bits per heavy atom. The molecule has 41 heavy (non-hydrogen) atoms. The maximum atomic E-state index is 13.9. The number of carbonyl (C=O) groups is 2. The minimum Gasteiger partial charge on any atom is -0.497 e. The number of hydrogen-bond donors (Lipinski definition) is 1. The third kappa shape index (κ3) is 8.75. The van der Waals surface area contributed by atoms with Gasteiger partial charge in [-0.25, -0.2) is 8.42 Å². The van der Waals surface area contributed by atoms with E-state index in [-0.39, 0.29) is 29.9 Å². The summed E-state index contributed by atoms with van der Waals surface area (Å²) >= 11 is 6.15. The van der Waals surface area contributed by atoms with E-state index < -0.39 is 45.9 Å². The topological polar surface area (TPSA) is 96.0 Å². The number of ether oxygens (including phenoxy) is 1. The number of nitrogens with one attached hydrogen (secondary N) is 1. The summed E-state index contributed by atoms with van der Waals surface area (Å²) in [5.41, 5.74) is -0.993. The first kappa shape index (κ1) is 32.5. The summed E-state index contributed by atoms with van der Waals surface area (Å²) in [6.45, 7) is 0.798. The smallest absolute Gasteiger partial charge is 0.416 e. The monoisotopic (exact) mass is 617 g/mol.